The number of aromatic hydroxyl groups is 2. The number of anilines is 1. The Kier molecular flexibility index (Phi) is 4.34. The molecule has 1 aliphatic rings. The molecule has 6 heteroatoms. The summed E-state index contributed by atoms with van der Waals surface area (Å²) in [4.78, 5) is 14.8. The summed E-state index contributed by atoms with van der Waals surface area (Å²) in [6.07, 6.45) is 1.66. The molecule has 0 bridgehead atoms. The molecule has 0 atom stereocenters. The zero-order valence-corrected chi connectivity index (χ0v) is 14.7. The van der Waals surface area contributed by atoms with Crippen LogP contribution in [0.1, 0.15) is 16.7 Å². The highest BCUT2D eigenvalue weighted by Gasteiger charge is 2.34. The van der Waals surface area contributed by atoms with E-state index in [1.54, 1.807) is 12.1 Å². The van der Waals surface area contributed by atoms with Crippen LogP contribution in [0.5, 0.6) is 11.5 Å². The van der Waals surface area contributed by atoms with Crippen LogP contribution in [0.3, 0.4) is 0 Å². The standard InChI is InChI=1S/C18H15NO3S2/c1-10-3-4-11(2)13(7-10)19-17(22)16(24-18(19)23)9-12-5-6-14(20)15(21)8-12/h3-9,20-21H,1-2H3/b16-9-. The smallest absolute Gasteiger partial charge is 0.270 e. The molecule has 0 saturated carbocycles. The van der Waals surface area contributed by atoms with E-state index in [9.17, 15) is 15.0 Å². The highest BCUT2D eigenvalue weighted by atomic mass is 32.2. The molecule has 122 valence electrons. The van der Waals surface area contributed by atoms with Crippen molar-refractivity contribution < 1.29 is 15.0 Å². The third-order valence-electron chi connectivity index (χ3n) is 3.70. The minimum absolute atomic E-state index is 0.189. The maximum atomic E-state index is 12.8. The first-order valence-corrected chi connectivity index (χ1v) is 8.46. The minimum Gasteiger partial charge on any atom is -0.504 e. The molecular formula is C18H15NO3S2. The van der Waals surface area contributed by atoms with Crippen molar-refractivity contribution >= 4 is 46.0 Å². The van der Waals surface area contributed by atoms with Gasteiger partial charge in [-0.3, -0.25) is 9.69 Å². The van der Waals surface area contributed by atoms with Crippen LogP contribution in [0.25, 0.3) is 6.08 Å². The lowest BCUT2D eigenvalue weighted by Crippen LogP contribution is -2.28. The number of thiocarbonyl (C=S) groups is 1. The predicted molar refractivity (Wildman–Crippen MR) is 101 cm³/mol. The normalized spacial score (nSPS) is 16.2. The van der Waals surface area contributed by atoms with Gasteiger partial charge in [0.1, 0.15) is 0 Å². The Morgan fingerprint density at radius 1 is 1.08 bits per heavy atom. The summed E-state index contributed by atoms with van der Waals surface area (Å²) in [6.45, 7) is 3.91. The summed E-state index contributed by atoms with van der Waals surface area (Å²) in [7, 11) is 0. The van der Waals surface area contributed by atoms with Crippen molar-refractivity contribution in [3.8, 4) is 11.5 Å². The number of thioether (sulfide) groups is 1. The summed E-state index contributed by atoms with van der Waals surface area (Å²) in [5.41, 5.74) is 3.43. The summed E-state index contributed by atoms with van der Waals surface area (Å²) < 4.78 is 0.475. The quantitative estimate of drug-likeness (QED) is 0.481. The number of hydrogen-bond acceptors (Lipinski definition) is 5. The Bertz CT molecular complexity index is 890. The van der Waals surface area contributed by atoms with Gasteiger partial charge in [0, 0.05) is 0 Å². The molecule has 1 heterocycles. The molecule has 0 aliphatic carbocycles. The predicted octanol–water partition coefficient (Wildman–Crippen LogP) is 4.12. The van der Waals surface area contributed by atoms with Crippen LogP contribution in [0.15, 0.2) is 41.3 Å². The van der Waals surface area contributed by atoms with Crippen LogP contribution < -0.4 is 4.90 Å². The Morgan fingerprint density at radius 2 is 1.83 bits per heavy atom. The summed E-state index contributed by atoms with van der Waals surface area (Å²) in [5, 5.41) is 19.0. The zero-order chi connectivity index (χ0) is 17.4. The molecule has 4 nitrogen and oxygen atoms in total. The van der Waals surface area contributed by atoms with Gasteiger partial charge in [0.05, 0.1) is 10.6 Å². The molecule has 0 radical (unpaired) electrons. The van der Waals surface area contributed by atoms with Gasteiger partial charge in [-0.25, -0.2) is 0 Å². The lowest BCUT2D eigenvalue weighted by Gasteiger charge is -2.17. The van der Waals surface area contributed by atoms with Crippen molar-refractivity contribution in [2.75, 3.05) is 4.90 Å². The topological polar surface area (TPSA) is 60.8 Å². The molecule has 2 aromatic rings. The number of carbonyl (C=O) groups is 1. The number of amides is 1. The molecule has 0 unspecified atom stereocenters. The van der Waals surface area contributed by atoms with Crippen molar-refractivity contribution in [1.82, 2.24) is 0 Å². The Balaban J connectivity index is 1.98. The molecule has 2 N–H and O–H groups in total. The van der Waals surface area contributed by atoms with Gasteiger partial charge in [-0.15, -0.1) is 0 Å². The van der Waals surface area contributed by atoms with Gasteiger partial charge in [-0.05, 0) is 54.8 Å². The molecule has 0 aromatic heterocycles. The first-order chi connectivity index (χ1) is 11.4. The number of phenolic OH excluding ortho intramolecular Hbond substituents is 2. The van der Waals surface area contributed by atoms with Gasteiger partial charge >= 0.3 is 0 Å². The molecule has 0 spiro atoms. The Labute approximate surface area is 149 Å². The SMILES string of the molecule is Cc1ccc(C)c(N2C(=O)/C(=C/c3ccc(O)c(O)c3)SC2=S)c1. The van der Waals surface area contributed by atoms with E-state index in [1.807, 2.05) is 32.0 Å². The van der Waals surface area contributed by atoms with Gasteiger partial charge in [0.15, 0.2) is 15.8 Å². The van der Waals surface area contributed by atoms with Crippen LogP contribution in [-0.2, 0) is 4.79 Å². The molecule has 1 aliphatic heterocycles. The van der Waals surface area contributed by atoms with E-state index in [4.69, 9.17) is 12.2 Å². The van der Waals surface area contributed by atoms with Crippen molar-refractivity contribution in [2.24, 2.45) is 0 Å². The second kappa shape index (κ2) is 6.30. The molecule has 24 heavy (non-hydrogen) atoms. The number of carbonyl (C=O) groups excluding carboxylic acids is 1. The fraction of sp³-hybridized carbons (Fsp3) is 0.111. The monoisotopic (exact) mass is 357 g/mol. The van der Waals surface area contributed by atoms with Crippen LogP contribution >= 0.6 is 24.0 Å². The number of rotatable bonds is 2. The van der Waals surface area contributed by atoms with Crippen molar-refractivity contribution in [3.05, 3.63) is 58.0 Å². The molecule has 2 aromatic carbocycles. The number of hydrogen-bond donors (Lipinski definition) is 2. The third kappa shape index (κ3) is 3.02. The van der Waals surface area contributed by atoms with Gasteiger partial charge in [-0.2, -0.15) is 0 Å². The number of benzene rings is 2. The van der Waals surface area contributed by atoms with Crippen molar-refractivity contribution in [2.45, 2.75) is 13.8 Å². The third-order valence-corrected chi connectivity index (χ3v) is 5.00. The highest BCUT2D eigenvalue weighted by molar-refractivity contribution is 8.27. The van der Waals surface area contributed by atoms with Crippen molar-refractivity contribution in [3.63, 3.8) is 0 Å². The maximum absolute atomic E-state index is 12.8. The fourth-order valence-electron chi connectivity index (χ4n) is 2.42. The number of phenols is 2. The van der Waals surface area contributed by atoms with E-state index in [2.05, 4.69) is 0 Å². The fourth-order valence-corrected chi connectivity index (χ4v) is 3.70. The molecule has 1 fully saturated rings. The molecule has 1 amide bonds. The van der Waals surface area contributed by atoms with Gasteiger partial charge in [0.25, 0.3) is 5.91 Å². The highest BCUT2D eigenvalue weighted by Crippen LogP contribution is 2.38. The average Bonchev–Trinajstić information content (AvgIpc) is 2.80. The zero-order valence-electron chi connectivity index (χ0n) is 13.1. The van der Waals surface area contributed by atoms with E-state index in [0.717, 1.165) is 16.8 Å². The average molecular weight is 357 g/mol. The molecule has 1 saturated heterocycles. The van der Waals surface area contributed by atoms with Crippen LogP contribution in [0, 0.1) is 13.8 Å². The van der Waals surface area contributed by atoms with Gasteiger partial charge < -0.3 is 10.2 Å². The van der Waals surface area contributed by atoms with Gasteiger partial charge in [-0.1, -0.05) is 42.2 Å². The van der Waals surface area contributed by atoms with E-state index < -0.39 is 0 Å². The maximum Gasteiger partial charge on any atom is 0.270 e. The van der Waals surface area contributed by atoms with Crippen molar-refractivity contribution in [1.29, 1.82) is 0 Å². The lowest BCUT2D eigenvalue weighted by molar-refractivity contribution is -0.113. The van der Waals surface area contributed by atoms with E-state index >= 15 is 0 Å². The number of nitrogens with zero attached hydrogens (tertiary/aromatic N) is 1. The van der Waals surface area contributed by atoms with E-state index in [-0.39, 0.29) is 17.4 Å². The second-order valence-electron chi connectivity index (χ2n) is 5.56. The Hall–Kier alpha value is -2.31. The van der Waals surface area contributed by atoms with Crippen LogP contribution in [0.4, 0.5) is 5.69 Å². The first-order valence-electron chi connectivity index (χ1n) is 7.24. The first kappa shape index (κ1) is 16.5. The second-order valence-corrected chi connectivity index (χ2v) is 7.23. The largest absolute Gasteiger partial charge is 0.504 e. The summed E-state index contributed by atoms with van der Waals surface area (Å²) in [5.74, 6) is -0.616. The Morgan fingerprint density at radius 3 is 2.54 bits per heavy atom. The molecule has 3 rings (SSSR count). The lowest BCUT2D eigenvalue weighted by atomic mass is 10.1. The van der Waals surface area contributed by atoms with Gasteiger partial charge in [0.2, 0.25) is 0 Å². The summed E-state index contributed by atoms with van der Waals surface area (Å²) in [6, 6.07) is 10.3. The summed E-state index contributed by atoms with van der Waals surface area (Å²) >= 11 is 6.60. The van der Waals surface area contributed by atoms with E-state index in [0.29, 0.717) is 14.8 Å². The minimum atomic E-state index is -0.228. The van der Waals surface area contributed by atoms with Crippen LogP contribution in [0.2, 0.25) is 0 Å². The van der Waals surface area contributed by atoms with E-state index in [1.165, 1.54) is 28.8 Å². The number of aryl methyl sites for hydroxylation is 2. The van der Waals surface area contributed by atoms with Crippen LogP contribution in [-0.4, -0.2) is 20.4 Å². The molecular weight excluding hydrogens is 342 g/mol.